The number of carbonyl (C=O) groups excluding carboxylic acids is 2. The molecule has 0 bridgehead atoms. The molecule has 20 heavy (non-hydrogen) atoms. The second kappa shape index (κ2) is 6.89. The summed E-state index contributed by atoms with van der Waals surface area (Å²) in [4.78, 5) is 25.9. The van der Waals surface area contributed by atoms with Crippen LogP contribution in [0.25, 0.3) is 0 Å². The Kier molecular flexibility index (Phi) is 5.42. The third-order valence-electron chi connectivity index (χ3n) is 3.56. The Labute approximate surface area is 140 Å². The van der Waals surface area contributed by atoms with Crippen molar-refractivity contribution in [3.8, 4) is 0 Å². The smallest absolute Gasteiger partial charge is 0.255 e. The first-order valence-corrected chi connectivity index (χ1v) is 8.36. The van der Waals surface area contributed by atoms with Crippen molar-refractivity contribution in [3.05, 3.63) is 31.8 Å². The molecule has 1 heterocycles. The van der Waals surface area contributed by atoms with E-state index in [9.17, 15) is 9.59 Å². The minimum Gasteiger partial charge on any atom is -0.359 e. The number of nitrogens with one attached hydrogen (secondary N) is 1. The molecular formula is C14H16BrIN2O2. The second-order valence-electron chi connectivity index (χ2n) is 4.80. The molecule has 2 amide bonds. The molecule has 1 N–H and O–H groups in total. The molecular weight excluding hydrogens is 435 g/mol. The average molecular weight is 451 g/mol. The van der Waals surface area contributed by atoms with Crippen molar-refractivity contribution < 1.29 is 9.59 Å². The quantitative estimate of drug-likeness (QED) is 0.704. The maximum absolute atomic E-state index is 12.5. The Morgan fingerprint density at radius 3 is 2.60 bits per heavy atom. The van der Waals surface area contributed by atoms with E-state index in [1.807, 2.05) is 23.1 Å². The van der Waals surface area contributed by atoms with Crippen LogP contribution in [0.2, 0.25) is 0 Å². The summed E-state index contributed by atoms with van der Waals surface area (Å²) in [7, 11) is 1.66. The van der Waals surface area contributed by atoms with Crippen molar-refractivity contribution in [2.75, 3.05) is 20.1 Å². The molecule has 1 aromatic carbocycles. The zero-order valence-electron chi connectivity index (χ0n) is 11.2. The number of likely N-dealkylation sites (tertiary alicyclic amines) is 1. The highest BCUT2D eigenvalue weighted by Gasteiger charge is 2.27. The van der Waals surface area contributed by atoms with Crippen molar-refractivity contribution >= 4 is 50.3 Å². The van der Waals surface area contributed by atoms with Gasteiger partial charge in [0, 0.05) is 34.1 Å². The standard InChI is InChI=1S/C14H16BrIN2O2/c1-17-13(19)9-4-6-18(7-5-9)14(20)11-8-10(16)2-3-12(11)15/h2-3,8-9H,4-7H2,1H3,(H,17,19). The third kappa shape index (κ3) is 3.52. The summed E-state index contributed by atoms with van der Waals surface area (Å²) in [6.07, 6.45) is 1.46. The van der Waals surface area contributed by atoms with Crippen LogP contribution in [0.4, 0.5) is 0 Å². The summed E-state index contributed by atoms with van der Waals surface area (Å²) < 4.78 is 1.85. The average Bonchev–Trinajstić information content (AvgIpc) is 2.48. The lowest BCUT2D eigenvalue weighted by molar-refractivity contribution is -0.125. The fraction of sp³-hybridized carbons (Fsp3) is 0.429. The Balaban J connectivity index is 2.05. The summed E-state index contributed by atoms with van der Waals surface area (Å²) in [5.41, 5.74) is 0.690. The number of carbonyl (C=O) groups is 2. The number of piperidine rings is 1. The van der Waals surface area contributed by atoms with E-state index in [-0.39, 0.29) is 17.7 Å². The van der Waals surface area contributed by atoms with Gasteiger partial charge in [0.1, 0.15) is 0 Å². The number of halogens is 2. The van der Waals surface area contributed by atoms with Crippen LogP contribution in [0, 0.1) is 9.49 Å². The van der Waals surface area contributed by atoms with E-state index in [1.54, 1.807) is 7.05 Å². The molecule has 0 aromatic heterocycles. The molecule has 0 radical (unpaired) electrons. The monoisotopic (exact) mass is 450 g/mol. The van der Waals surface area contributed by atoms with Crippen LogP contribution in [0.1, 0.15) is 23.2 Å². The van der Waals surface area contributed by atoms with Crippen molar-refractivity contribution in [3.63, 3.8) is 0 Å². The van der Waals surface area contributed by atoms with Crippen molar-refractivity contribution in [2.45, 2.75) is 12.8 Å². The van der Waals surface area contributed by atoms with Crippen molar-refractivity contribution in [1.29, 1.82) is 0 Å². The largest absolute Gasteiger partial charge is 0.359 e. The molecule has 108 valence electrons. The molecule has 1 aliphatic rings. The highest BCUT2D eigenvalue weighted by molar-refractivity contribution is 14.1. The van der Waals surface area contributed by atoms with E-state index in [1.165, 1.54) is 0 Å². The number of benzene rings is 1. The lowest BCUT2D eigenvalue weighted by atomic mass is 9.95. The van der Waals surface area contributed by atoms with Gasteiger partial charge < -0.3 is 10.2 Å². The predicted octanol–water partition coefficient (Wildman–Crippen LogP) is 2.65. The number of rotatable bonds is 2. The van der Waals surface area contributed by atoms with Crippen LogP contribution in [0.5, 0.6) is 0 Å². The summed E-state index contributed by atoms with van der Waals surface area (Å²) in [6.45, 7) is 1.27. The highest BCUT2D eigenvalue weighted by Crippen LogP contribution is 2.24. The van der Waals surface area contributed by atoms with Crippen LogP contribution < -0.4 is 5.32 Å². The molecule has 4 nitrogen and oxygen atoms in total. The van der Waals surface area contributed by atoms with Gasteiger partial charge in [-0.1, -0.05) is 0 Å². The topological polar surface area (TPSA) is 49.4 Å². The minimum atomic E-state index is 0.0309. The maximum atomic E-state index is 12.5. The van der Waals surface area contributed by atoms with Crippen LogP contribution in [0.3, 0.4) is 0 Å². The molecule has 2 rings (SSSR count). The Hall–Kier alpha value is -0.630. The first-order valence-electron chi connectivity index (χ1n) is 6.49. The second-order valence-corrected chi connectivity index (χ2v) is 6.90. The number of amides is 2. The molecule has 6 heteroatoms. The van der Waals surface area contributed by atoms with E-state index >= 15 is 0 Å². The van der Waals surface area contributed by atoms with E-state index in [0.29, 0.717) is 18.7 Å². The highest BCUT2D eigenvalue weighted by atomic mass is 127. The maximum Gasteiger partial charge on any atom is 0.255 e. The first kappa shape index (κ1) is 15.8. The normalized spacial score (nSPS) is 16.1. The Bertz CT molecular complexity index is 528. The molecule has 0 atom stereocenters. The van der Waals surface area contributed by atoms with Gasteiger partial charge in [-0.15, -0.1) is 0 Å². The van der Waals surface area contributed by atoms with Gasteiger partial charge in [0.2, 0.25) is 5.91 Å². The van der Waals surface area contributed by atoms with Crippen LogP contribution in [-0.4, -0.2) is 36.9 Å². The van der Waals surface area contributed by atoms with Crippen molar-refractivity contribution in [2.24, 2.45) is 5.92 Å². The zero-order chi connectivity index (χ0) is 14.7. The summed E-state index contributed by atoms with van der Waals surface area (Å²) in [5.74, 6) is 0.140. The van der Waals surface area contributed by atoms with Gasteiger partial charge >= 0.3 is 0 Å². The summed E-state index contributed by atoms with van der Waals surface area (Å²) in [6, 6.07) is 5.74. The van der Waals surface area contributed by atoms with Crippen LogP contribution in [-0.2, 0) is 4.79 Å². The van der Waals surface area contributed by atoms with Crippen molar-refractivity contribution in [1.82, 2.24) is 10.2 Å². The number of hydrogen-bond donors (Lipinski definition) is 1. The molecule has 0 unspecified atom stereocenters. The molecule has 1 fully saturated rings. The van der Waals surface area contributed by atoms with Gasteiger partial charge in [-0.05, 0) is 69.6 Å². The lowest BCUT2D eigenvalue weighted by Crippen LogP contribution is -2.42. The fourth-order valence-corrected chi connectivity index (χ4v) is 3.29. The van der Waals surface area contributed by atoms with Crippen LogP contribution in [0.15, 0.2) is 22.7 Å². The minimum absolute atomic E-state index is 0.0309. The Morgan fingerprint density at radius 1 is 1.35 bits per heavy atom. The predicted molar refractivity (Wildman–Crippen MR) is 89.6 cm³/mol. The molecule has 0 aliphatic carbocycles. The molecule has 1 aromatic rings. The van der Waals surface area contributed by atoms with Gasteiger partial charge in [-0.3, -0.25) is 9.59 Å². The molecule has 0 saturated carbocycles. The molecule has 1 saturated heterocycles. The van der Waals surface area contributed by atoms with Gasteiger partial charge in [-0.25, -0.2) is 0 Å². The SMILES string of the molecule is CNC(=O)C1CCN(C(=O)c2cc(I)ccc2Br)CC1. The van der Waals surface area contributed by atoms with E-state index in [0.717, 1.165) is 20.9 Å². The first-order chi connectivity index (χ1) is 9.52. The summed E-state index contributed by atoms with van der Waals surface area (Å²) in [5, 5.41) is 2.68. The van der Waals surface area contributed by atoms with E-state index in [4.69, 9.17) is 0 Å². The van der Waals surface area contributed by atoms with E-state index < -0.39 is 0 Å². The lowest BCUT2D eigenvalue weighted by Gasteiger charge is -2.31. The summed E-state index contributed by atoms with van der Waals surface area (Å²) >= 11 is 5.63. The molecule has 0 spiro atoms. The fourth-order valence-electron chi connectivity index (χ4n) is 2.38. The number of hydrogen-bond acceptors (Lipinski definition) is 2. The van der Waals surface area contributed by atoms with E-state index in [2.05, 4.69) is 43.8 Å². The third-order valence-corrected chi connectivity index (χ3v) is 4.92. The van der Waals surface area contributed by atoms with Gasteiger partial charge in [0.05, 0.1) is 5.56 Å². The van der Waals surface area contributed by atoms with Gasteiger partial charge in [0.25, 0.3) is 5.91 Å². The van der Waals surface area contributed by atoms with Crippen LogP contribution >= 0.6 is 38.5 Å². The van der Waals surface area contributed by atoms with Gasteiger partial charge in [-0.2, -0.15) is 0 Å². The zero-order valence-corrected chi connectivity index (χ0v) is 14.9. The number of nitrogens with zero attached hydrogens (tertiary/aromatic N) is 1. The Morgan fingerprint density at radius 2 is 2.00 bits per heavy atom. The van der Waals surface area contributed by atoms with Gasteiger partial charge in [0.15, 0.2) is 0 Å². The molecule has 1 aliphatic heterocycles.